The van der Waals surface area contributed by atoms with E-state index in [-0.39, 0.29) is 31.4 Å². The minimum atomic E-state index is -0.959. The second-order valence-electron chi connectivity index (χ2n) is 8.19. The fourth-order valence-electron chi connectivity index (χ4n) is 4.06. The largest absolute Gasteiger partial charge is 0.497 e. The van der Waals surface area contributed by atoms with Gasteiger partial charge in [0.05, 0.1) is 34.0 Å². The second-order valence-corrected chi connectivity index (χ2v) is 8.19. The zero-order valence-corrected chi connectivity index (χ0v) is 19.8. The van der Waals surface area contributed by atoms with E-state index < -0.39 is 24.0 Å². The average Bonchev–Trinajstić information content (AvgIpc) is 2.87. The van der Waals surface area contributed by atoms with Crippen molar-refractivity contribution in [2.75, 3.05) is 60.2 Å². The Morgan fingerprint density at radius 3 is 2.29 bits per heavy atom. The number of nitrogens with zero attached hydrogens (tertiary/aromatic N) is 3. The van der Waals surface area contributed by atoms with Crippen molar-refractivity contribution in [3.8, 4) is 5.75 Å². The molecule has 2 fully saturated rings. The van der Waals surface area contributed by atoms with Crippen LogP contribution in [0.5, 0.6) is 5.75 Å². The first-order valence-electron chi connectivity index (χ1n) is 11.2. The number of piperazine rings is 1. The van der Waals surface area contributed by atoms with Gasteiger partial charge in [-0.05, 0) is 17.7 Å². The Hall–Kier alpha value is -3.34. The van der Waals surface area contributed by atoms with Gasteiger partial charge in [-0.25, -0.2) is 9.59 Å². The first-order chi connectivity index (χ1) is 16.3. The van der Waals surface area contributed by atoms with Crippen LogP contribution >= 0.6 is 0 Å². The van der Waals surface area contributed by atoms with Crippen LogP contribution in [0, 0.1) is 0 Å². The van der Waals surface area contributed by atoms with Gasteiger partial charge < -0.3 is 34.2 Å². The Labute approximate surface area is 198 Å². The molecule has 34 heavy (non-hydrogen) atoms. The normalized spacial score (nSPS) is 19.3. The zero-order valence-electron chi connectivity index (χ0n) is 19.8. The second kappa shape index (κ2) is 11.7. The predicted molar refractivity (Wildman–Crippen MR) is 121 cm³/mol. The number of benzene rings is 1. The molecule has 0 bridgehead atoms. The van der Waals surface area contributed by atoms with Gasteiger partial charge in [0, 0.05) is 39.5 Å². The van der Waals surface area contributed by atoms with E-state index in [0.29, 0.717) is 38.6 Å². The highest BCUT2D eigenvalue weighted by Crippen LogP contribution is 2.17. The van der Waals surface area contributed by atoms with Gasteiger partial charge in [-0.3, -0.25) is 9.59 Å². The number of methoxy groups -OCH3 is 2. The summed E-state index contributed by atoms with van der Waals surface area (Å²) in [6.07, 6.45) is 0.197. The molecule has 0 radical (unpaired) electrons. The maximum Gasteiger partial charge on any atom is 0.328 e. The van der Waals surface area contributed by atoms with Crippen LogP contribution in [0.25, 0.3) is 0 Å². The molecule has 1 aromatic carbocycles. The van der Waals surface area contributed by atoms with E-state index in [1.807, 2.05) is 0 Å². The van der Waals surface area contributed by atoms with Crippen molar-refractivity contribution in [2.45, 2.75) is 25.4 Å². The van der Waals surface area contributed by atoms with E-state index in [9.17, 15) is 19.2 Å². The topological polar surface area (TPSA) is 118 Å². The molecule has 2 heterocycles. The number of carbonyl (C=O) groups is 4. The third-order valence-electron chi connectivity index (χ3n) is 6.06. The molecule has 11 nitrogen and oxygen atoms in total. The molecule has 186 valence electrons. The quantitative estimate of drug-likeness (QED) is 0.569. The van der Waals surface area contributed by atoms with E-state index in [1.165, 1.54) is 23.8 Å². The number of amides is 4. The van der Waals surface area contributed by atoms with Gasteiger partial charge >= 0.3 is 12.0 Å². The lowest BCUT2D eigenvalue weighted by Gasteiger charge is -2.43. The number of ether oxygens (including phenoxy) is 3. The van der Waals surface area contributed by atoms with Gasteiger partial charge in [-0.2, -0.15) is 0 Å². The van der Waals surface area contributed by atoms with Crippen LogP contribution in [0.1, 0.15) is 12.5 Å². The molecule has 2 aliphatic heterocycles. The summed E-state index contributed by atoms with van der Waals surface area (Å²) >= 11 is 0. The molecule has 0 saturated carbocycles. The highest BCUT2D eigenvalue weighted by molar-refractivity contribution is 5.91. The molecule has 0 spiro atoms. The molecule has 2 saturated heterocycles. The number of hydrogen-bond acceptors (Lipinski definition) is 7. The standard InChI is InChI=1S/C23H32N4O7/c1-16(28)26-8-9-27(23(31)25-10-12-34-13-11-25)20(15-26)21(29)24-19(22(30)33-3)14-17-4-6-18(32-2)7-5-17/h4-7,19-20H,8-15H2,1-3H3,(H,24,29)/t19-,20+/m0/s1. The molecular weight excluding hydrogens is 444 g/mol. The van der Waals surface area contributed by atoms with Crippen molar-refractivity contribution in [3.63, 3.8) is 0 Å². The Morgan fingerprint density at radius 2 is 1.71 bits per heavy atom. The van der Waals surface area contributed by atoms with Crippen molar-refractivity contribution >= 4 is 23.8 Å². The van der Waals surface area contributed by atoms with Gasteiger partial charge in [0.1, 0.15) is 17.8 Å². The molecule has 0 unspecified atom stereocenters. The summed E-state index contributed by atoms with van der Waals surface area (Å²) in [6.45, 7) is 3.76. The van der Waals surface area contributed by atoms with Gasteiger partial charge in [0.2, 0.25) is 11.8 Å². The summed E-state index contributed by atoms with van der Waals surface area (Å²) < 4.78 is 15.4. The Balaban J connectivity index is 1.77. The van der Waals surface area contributed by atoms with Gasteiger partial charge in [0.15, 0.2) is 0 Å². The SMILES string of the molecule is COC(=O)[C@H](Cc1ccc(OC)cc1)NC(=O)[C@H]1CN(C(C)=O)CCN1C(=O)N1CCOCC1. The lowest BCUT2D eigenvalue weighted by Crippen LogP contribution is -2.65. The maximum absolute atomic E-state index is 13.4. The molecule has 4 amide bonds. The summed E-state index contributed by atoms with van der Waals surface area (Å²) in [5.41, 5.74) is 0.798. The highest BCUT2D eigenvalue weighted by atomic mass is 16.5. The lowest BCUT2D eigenvalue weighted by atomic mass is 10.0. The number of nitrogens with one attached hydrogen (secondary N) is 1. The molecule has 11 heteroatoms. The molecule has 1 aromatic rings. The molecule has 2 atom stereocenters. The van der Waals surface area contributed by atoms with E-state index in [0.717, 1.165) is 5.56 Å². The molecule has 0 aromatic heterocycles. The van der Waals surface area contributed by atoms with Crippen molar-refractivity contribution < 1.29 is 33.4 Å². The van der Waals surface area contributed by atoms with Crippen LogP contribution < -0.4 is 10.1 Å². The number of esters is 1. The van der Waals surface area contributed by atoms with E-state index >= 15 is 0 Å². The summed E-state index contributed by atoms with van der Waals surface area (Å²) in [7, 11) is 2.81. The first-order valence-corrected chi connectivity index (χ1v) is 11.2. The first kappa shape index (κ1) is 25.3. The number of hydrogen-bond donors (Lipinski definition) is 1. The van der Waals surface area contributed by atoms with Crippen molar-refractivity contribution in [2.24, 2.45) is 0 Å². The molecule has 1 N–H and O–H groups in total. The fraction of sp³-hybridized carbons (Fsp3) is 0.565. The average molecular weight is 477 g/mol. The Morgan fingerprint density at radius 1 is 1.03 bits per heavy atom. The molecule has 3 rings (SSSR count). The monoisotopic (exact) mass is 476 g/mol. The van der Waals surface area contributed by atoms with Crippen LogP contribution in [0.15, 0.2) is 24.3 Å². The minimum Gasteiger partial charge on any atom is -0.497 e. The van der Waals surface area contributed by atoms with Crippen molar-refractivity contribution in [1.29, 1.82) is 0 Å². The van der Waals surface area contributed by atoms with Crippen LogP contribution in [-0.2, 0) is 30.3 Å². The highest BCUT2D eigenvalue weighted by Gasteiger charge is 2.39. The number of morpholine rings is 1. The molecular formula is C23H32N4O7. The van der Waals surface area contributed by atoms with Gasteiger partial charge in [-0.15, -0.1) is 0 Å². The van der Waals surface area contributed by atoms with Crippen LogP contribution in [0.3, 0.4) is 0 Å². The molecule has 2 aliphatic rings. The third kappa shape index (κ3) is 6.16. The molecule has 0 aliphatic carbocycles. The summed E-state index contributed by atoms with van der Waals surface area (Å²) in [4.78, 5) is 55.7. The lowest BCUT2D eigenvalue weighted by molar-refractivity contribution is -0.146. The van der Waals surface area contributed by atoms with Crippen LogP contribution in [-0.4, -0.2) is 111 Å². The van der Waals surface area contributed by atoms with Gasteiger partial charge in [-0.1, -0.05) is 12.1 Å². The fourth-order valence-corrected chi connectivity index (χ4v) is 4.06. The predicted octanol–water partition coefficient (Wildman–Crippen LogP) is -0.120. The summed E-state index contributed by atoms with van der Waals surface area (Å²) in [5.74, 6) is -0.629. The number of carbonyl (C=O) groups excluding carboxylic acids is 4. The van der Waals surface area contributed by atoms with Gasteiger partial charge in [0.25, 0.3) is 0 Å². The number of urea groups is 1. The van der Waals surface area contributed by atoms with E-state index in [2.05, 4.69) is 5.32 Å². The summed E-state index contributed by atoms with van der Waals surface area (Å²) in [6, 6.07) is 4.95. The van der Waals surface area contributed by atoms with Crippen LogP contribution in [0.2, 0.25) is 0 Å². The van der Waals surface area contributed by atoms with Crippen molar-refractivity contribution in [3.05, 3.63) is 29.8 Å². The third-order valence-corrected chi connectivity index (χ3v) is 6.06. The number of rotatable bonds is 6. The van der Waals surface area contributed by atoms with E-state index in [1.54, 1.807) is 36.3 Å². The Kier molecular flexibility index (Phi) is 8.69. The smallest absolute Gasteiger partial charge is 0.328 e. The zero-order chi connectivity index (χ0) is 24.7. The van der Waals surface area contributed by atoms with E-state index in [4.69, 9.17) is 14.2 Å². The summed E-state index contributed by atoms with van der Waals surface area (Å²) in [5, 5.41) is 2.74. The maximum atomic E-state index is 13.4. The Bertz CT molecular complexity index is 886. The minimum absolute atomic E-state index is 0.0493. The van der Waals surface area contributed by atoms with Crippen molar-refractivity contribution in [1.82, 2.24) is 20.0 Å². The van der Waals surface area contributed by atoms with Crippen LogP contribution in [0.4, 0.5) is 4.79 Å².